The lowest BCUT2D eigenvalue weighted by Crippen LogP contribution is -2.38. The Morgan fingerprint density at radius 2 is 1.76 bits per heavy atom. The van der Waals surface area contributed by atoms with Crippen LogP contribution in [0.3, 0.4) is 0 Å². The van der Waals surface area contributed by atoms with Gasteiger partial charge < -0.3 is 15.2 Å². The van der Waals surface area contributed by atoms with E-state index in [0.717, 1.165) is 55.3 Å². The fourth-order valence-corrected chi connectivity index (χ4v) is 3.12. The van der Waals surface area contributed by atoms with Crippen LogP contribution in [0.2, 0.25) is 0 Å². The van der Waals surface area contributed by atoms with Gasteiger partial charge in [0.25, 0.3) is 0 Å². The molecular weight excluding hydrogens is 332 g/mol. The summed E-state index contributed by atoms with van der Waals surface area (Å²) in [6.45, 7) is 11.8. The van der Waals surface area contributed by atoms with Crippen LogP contribution >= 0.6 is 11.8 Å². The summed E-state index contributed by atoms with van der Waals surface area (Å²) < 4.78 is 2.26. The van der Waals surface area contributed by atoms with Gasteiger partial charge in [-0.1, -0.05) is 39.5 Å². The predicted octanol–water partition coefficient (Wildman–Crippen LogP) is 3.19. The monoisotopic (exact) mass is 368 g/mol. The Kier molecular flexibility index (Phi) is 10.6. The molecule has 6 nitrogen and oxygen atoms in total. The highest BCUT2D eigenvalue weighted by Crippen LogP contribution is 2.16. The van der Waals surface area contributed by atoms with Crippen LogP contribution < -0.4 is 10.6 Å². The highest BCUT2D eigenvalue weighted by Gasteiger charge is 2.12. The lowest BCUT2D eigenvalue weighted by molar-refractivity contribution is 0.477. The highest BCUT2D eigenvalue weighted by molar-refractivity contribution is 7.98. The molecule has 0 spiro atoms. The molecule has 0 aromatic carbocycles. The number of guanidine groups is 1. The largest absolute Gasteiger partial charge is 0.356 e. The van der Waals surface area contributed by atoms with Gasteiger partial charge in [0, 0.05) is 33.1 Å². The summed E-state index contributed by atoms with van der Waals surface area (Å²) in [4.78, 5) is 4.28. The third kappa shape index (κ3) is 8.61. The van der Waals surface area contributed by atoms with E-state index in [9.17, 15) is 0 Å². The number of hydrogen-bond donors (Lipinski definition) is 2. The summed E-state index contributed by atoms with van der Waals surface area (Å²) >= 11 is 1.66. The first-order valence-electron chi connectivity index (χ1n) is 9.38. The van der Waals surface area contributed by atoms with Crippen LogP contribution in [0.5, 0.6) is 0 Å². The number of nitrogens with one attached hydrogen (secondary N) is 2. The molecule has 0 fully saturated rings. The van der Waals surface area contributed by atoms with Crippen LogP contribution in [-0.4, -0.2) is 47.1 Å². The van der Waals surface area contributed by atoms with Gasteiger partial charge in [-0.15, -0.1) is 10.2 Å². The summed E-state index contributed by atoms with van der Waals surface area (Å²) in [6, 6.07) is 0. The van der Waals surface area contributed by atoms with Crippen molar-refractivity contribution >= 4 is 17.7 Å². The van der Waals surface area contributed by atoms with Crippen molar-refractivity contribution < 1.29 is 0 Å². The molecule has 0 saturated heterocycles. The van der Waals surface area contributed by atoms with E-state index in [0.29, 0.717) is 5.92 Å². The Morgan fingerprint density at radius 1 is 1.08 bits per heavy atom. The molecule has 0 aliphatic carbocycles. The molecule has 25 heavy (non-hydrogen) atoms. The zero-order valence-electron chi connectivity index (χ0n) is 16.8. The second-order valence-corrected chi connectivity index (χ2v) is 7.95. The van der Waals surface area contributed by atoms with Crippen LogP contribution in [-0.2, 0) is 13.0 Å². The second-order valence-electron chi connectivity index (χ2n) is 7.17. The normalized spacial score (nSPS) is 12.2. The fourth-order valence-electron chi connectivity index (χ4n) is 2.59. The van der Waals surface area contributed by atoms with E-state index >= 15 is 0 Å². The zero-order chi connectivity index (χ0) is 18.7. The fraction of sp³-hybridized carbons (Fsp3) is 0.833. The molecule has 2 N–H and O–H groups in total. The van der Waals surface area contributed by atoms with Crippen LogP contribution in [0.15, 0.2) is 10.1 Å². The van der Waals surface area contributed by atoms with Crippen LogP contribution in [0.1, 0.15) is 52.8 Å². The maximum atomic E-state index is 4.37. The van der Waals surface area contributed by atoms with Crippen molar-refractivity contribution in [3.63, 3.8) is 0 Å². The Labute approximate surface area is 157 Å². The third-order valence-electron chi connectivity index (χ3n) is 3.87. The van der Waals surface area contributed by atoms with E-state index in [-0.39, 0.29) is 0 Å². The molecule has 1 aromatic heterocycles. The van der Waals surface area contributed by atoms with Crippen molar-refractivity contribution in [2.45, 2.75) is 65.1 Å². The first-order valence-corrected chi connectivity index (χ1v) is 10.6. The minimum Gasteiger partial charge on any atom is -0.356 e. The molecule has 1 rings (SSSR count). The van der Waals surface area contributed by atoms with Gasteiger partial charge in [-0.2, -0.15) is 0 Å². The molecule has 0 atom stereocenters. The molecule has 0 saturated carbocycles. The minimum absolute atomic E-state index is 0.590. The SMILES string of the molecule is CN=C(NCCCc1nnc(SC)n1CC(C)C)NCCCC(C)C. The maximum absolute atomic E-state index is 4.37. The molecule has 144 valence electrons. The van der Waals surface area contributed by atoms with E-state index in [2.05, 4.69) is 64.3 Å². The average molecular weight is 369 g/mol. The number of aliphatic imine (C=N–C) groups is 1. The lowest BCUT2D eigenvalue weighted by atomic mass is 10.1. The number of hydrogen-bond acceptors (Lipinski definition) is 4. The van der Waals surface area contributed by atoms with Gasteiger partial charge in [-0.3, -0.25) is 4.99 Å². The Balaban J connectivity index is 2.35. The van der Waals surface area contributed by atoms with Crippen molar-refractivity contribution in [2.24, 2.45) is 16.8 Å². The Morgan fingerprint density at radius 3 is 2.32 bits per heavy atom. The Hall–Kier alpha value is -1.24. The summed E-state index contributed by atoms with van der Waals surface area (Å²) in [7, 11) is 1.82. The van der Waals surface area contributed by atoms with Gasteiger partial charge in [0.15, 0.2) is 11.1 Å². The molecule has 1 aromatic rings. The van der Waals surface area contributed by atoms with E-state index in [1.54, 1.807) is 11.8 Å². The summed E-state index contributed by atoms with van der Waals surface area (Å²) in [5.41, 5.74) is 0. The van der Waals surface area contributed by atoms with Crippen molar-refractivity contribution in [3.8, 4) is 0 Å². The van der Waals surface area contributed by atoms with Crippen LogP contribution in [0.25, 0.3) is 0 Å². The molecule has 0 radical (unpaired) electrons. The number of nitrogens with zero attached hydrogens (tertiary/aromatic N) is 4. The predicted molar refractivity (Wildman–Crippen MR) is 108 cm³/mol. The highest BCUT2D eigenvalue weighted by atomic mass is 32.2. The smallest absolute Gasteiger partial charge is 0.190 e. The van der Waals surface area contributed by atoms with E-state index in [1.807, 2.05) is 7.05 Å². The van der Waals surface area contributed by atoms with E-state index in [4.69, 9.17) is 0 Å². The minimum atomic E-state index is 0.590. The van der Waals surface area contributed by atoms with Gasteiger partial charge in [0.05, 0.1) is 0 Å². The molecule has 0 amide bonds. The number of thioether (sulfide) groups is 1. The number of aromatic nitrogens is 3. The number of aryl methyl sites for hydroxylation is 1. The standard InChI is InChI=1S/C18H36N6S/c1-14(2)9-7-11-20-17(19-5)21-12-8-10-16-22-23-18(25-6)24(16)13-15(3)4/h14-15H,7-13H2,1-6H3,(H2,19,20,21). The zero-order valence-corrected chi connectivity index (χ0v) is 17.6. The van der Waals surface area contributed by atoms with Gasteiger partial charge >= 0.3 is 0 Å². The second kappa shape index (κ2) is 12.2. The molecular formula is C18H36N6S. The van der Waals surface area contributed by atoms with Crippen molar-refractivity contribution in [1.82, 2.24) is 25.4 Å². The summed E-state index contributed by atoms with van der Waals surface area (Å²) in [6.07, 6.45) is 6.41. The summed E-state index contributed by atoms with van der Waals surface area (Å²) in [5, 5.41) is 16.4. The maximum Gasteiger partial charge on any atom is 0.190 e. The van der Waals surface area contributed by atoms with Crippen molar-refractivity contribution in [3.05, 3.63) is 5.82 Å². The molecule has 0 bridgehead atoms. The lowest BCUT2D eigenvalue weighted by Gasteiger charge is -2.13. The van der Waals surface area contributed by atoms with Gasteiger partial charge in [0.1, 0.15) is 5.82 Å². The quantitative estimate of drug-likeness (QED) is 0.272. The summed E-state index contributed by atoms with van der Waals surface area (Å²) in [5.74, 6) is 3.32. The third-order valence-corrected chi connectivity index (χ3v) is 4.53. The molecule has 7 heteroatoms. The van der Waals surface area contributed by atoms with Gasteiger partial charge in [-0.05, 0) is 37.4 Å². The first kappa shape index (κ1) is 21.8. The number of rotatable bonds is 11. The van der Waals surface area contributed by atoms with E-state index < -0.39 is 0 Å². The van der Waals surface area contributed by atoms with Gasteiger partial charge in [0.2, 0.25) is 0 Å². The molecule has 0 aliphatic rings. The van der Waals surface area contributed by atoms with Gasteiger partial charge in [-0.25, -0.2) is 0 Å². The van der Waals surface area contributed by atoms with E-state index in [1.165, 1.54) is 12.8 Å². The molecule has 1 heterocycles. The van der Waals surface area contributed by atoms with Crippen LogP contribution in [0.4, 0.5) is 0 Å². The first-order chi connectivity index (χ1) is 12.0. The Bertz CT molecular complexity index is 510. The molecule has 0 aliphatic heterocycles. The van der Waals surface area contributed by atoms with Crippen molar-refractivity contribution in [1.29, 1.82) is 0 Å². The van der Waals surface area contributed by atoms with Crippen LogP contribution in [0, 0.1) is 11.8 Å². The average Bonchev–Trinajstić information content (AvgIpc) is 2.94. The topological polar surface area (TPSA) is 67.1 Å². The molecule has 0 unspecified atom stereocenters. The van der Waals surface area contributed by atoms with Crippen molar-refractivity contribution in [2.75, 3.05) is 26.4 Å².